The number of hydrogen-bond acceptors (Lipinski definition) is 2. The fourth-order valence-corrected chi connectivity index (χ4v) is 3.48. The van der Waals surface area contributed by atoms with Gasteiger partial charge in [0, 0.05) is 22.8 Å². The molecule has 2 aromatic carbocycles. The van der Waals surface area contributed by atoms with Crippen molar-refractivity contribution < 1.29 is 9.53 Å². The predicted molar refractivity (Wildman–Crippen MR) is 100 cm³/mol. The minimum atomic E-state index is -0.444. The Morgan fingerprint density at radius 3 is 2.68 bits per heavy atom. The van der Waals surface area contributed by atoms with Crippen LogP contribution in [0.4, 0.5) is 5.69 Å². The molecule has 1 aliphatic rings. The molecule has 1 aliphatic carbocycles. The van der Waals surface area contributed by atoms with Crippen LogP contribution in [0.1, 0.15) is 29.5 Å². The van der Waals surface area contributed by atoms with Crippen LogP contribution in [0.3, 0.4) is 0 Å². The Balaban J connectivity index is 1.70. The van der Waals surface area contributed by atoms with Crippen LogP contribution in [0, 0.1) is 13.8 Å². The molecule has 1 fully saturated rings. The zero-order valence-electron chi connectivity index (χ0n) is 14.8. The Morgan fingerprint density at radius 2 is 1.96 bits per heavy atom. The first-order chi connectivity index (χ1) is 12.0. The Labute approximate surface area is 147 Å². The van der Waals surface area contributed by atoms with E-state index in [4.69, 9.17) is 4.74 Å². The summed E-state index contributed by atoms with van der Waals surface area (Å²) in [7, 11) is 1.66. The van der Waals surface area contributed by atoms with Gasteiger partial charge < -0.3 is 15.0 Å². The quantitative estimate of drug-likeness (QED) is 0.740. The number of anilines is 1. The van der Waals surface area contributed by atoms with Gasteiger partial charge in [0.15, 0.2) is 0 Å². The Kier molecular flexibility index (Phi) is 3.57. The fourth-order valence-electron chi connectivity index (χ4n) is 3.48. The number of carbonyl (C=O) groups is 1. The minimum Gasteiger partial charge on any atom is -0.497 e. The molecular formula is C21H22N2O2. The zero-order valence-corrected chi connectivity index (χ0v) is 14.8. The van der Waals surface area contributed by atoms with E-state index < -0.39 is 5.41 Å². The molecule has 0 saturated heterocycles. The van der Waals surface area contributed by atoms with E-state index >= 15 is 0 Å². The summed E-state index contributed by atoms with van der Waals surface area (Å²) in [5, 5.41) is 4.21. The number of hydrogen-bond donors (Lipinski definition) is 2. The number of aryl methyl sites for hydroxylation is 2. The smallest absolute Gasteiger partial charge is 0.235 e. The summed E-state index contributed by atoms with van der Waals surface area (Å²) < 4.78 is 5.35. The molecule has 4 rings (SSSR count). The topological polar surface area (TPSA) is 54.1 Å². The minimum absolute atomic E-state index is 0.0740. The molecule has 1 heterocycles. The third-order valence-corrected chi connectivity index (χ3v) is 5.23. The predicted octanol–water partition coefficient (Wildman–Crippen LogP) is 4.46. The van der Waals surface area contributed by atoms with Crippen molar-refractivity contribution >= 4 is 22.5 Å². The normalized spacial score (nSPS) is 15.2. The summed E-state index contributed by atoms with van der Waals surface area (Å²) in [5.41, 5.74) is 4.76. The van der Waals surface area contributed by atoms with Crippen molar-refractivity contribution in [3.05, 3.63) is 59.3 Å². The van der Waals surface area contributed by atoms with Gasteiger partial charge in [0.1, 0.15) is 5.75 Å². The average Bonchev–Trinajstić information content (AvgIpc) is 3.31. The summed E-state index contributed by atoms with van der Waals surface area (Å²) in [5.74, 6) is 0.879. The van der Waals surface area contributed by atoms with Gasteiger partial charge in [-0.25, -0.2) is 0 Å². The molecule has 1 saturated carbocycles. The van der Waals surface area contributed by atoms with E-state index in [-0.39, 0.29) is 5.91 Å². The SMILES string of the molecule is COc1ccc2[nH]cc(C3(C(=O)Nc4cc(C)ccc4C)CC3)c2c1. The van der Waals surface area contributed by atoms with Crippen LogP contribution in [-0.2, 0) is 10.2 Å². The summed E-state index contributed by atoms with van der Waals surface area (Å²) in [4.78, 5) is 16.4. The van der Waals surface area contributed by atoms with Gasteiger partial charge in [-0.2, -0.15) is 0 Å². The highest BCUT2D eigenvalue weighted by molar-refractivity contribution is 6.05. The molecule has 1 amide bonds. The lowest BCUT2D eigenvalue weighted by Crippen LogP contribution is -2.28. The second-order valence-corrected chi connectivity index (χ2v) is 6.97. The summed E-state index contributed by atoms with van der Waals surface area (Å²) in [6.07, 6.45) is 3.71. The van der Waals surface area contributed by atoms with Crippen LogP contribution in [0.15, 0.2) is 42.6 Å². The zero-order chi connectivity index (χ0) is 17.6. The van der Waals surface area contributed by atoms with E-state index in [2.05, 4.69) is 16.4 Å². The first kappa shape index (κ1) is 15.8. The maximum Gasteiger partial charge on any atom is 0.235 e. The number of benzene rings is 2. The molecule has 4 nitrogen and oxygen atoms in total. The van der Waals surface area contributed by atoms with E-state index in [0.29, 0.717) is 0 Å². The maximum absolute atomic E-state index is 13.1. The van der Waals surface area contributed by atoms with E-state index in [9.17, 15) is 4.79 Å². The number of aromatic nitrogens is 1. The summed E-state index contributed by atoms with van der Waals surface area (Å²) in [6, 6.07) is 12.1. The van der Waals surface area contributed by atoms with Gasteiger partial charge in [0.05, 0.1) is 12.5 Å². The van der Waals surface area contributed by atoms with Crippen molar-refractivity contribution in [3.8, 4) is 5.75 Å². The Bertz CT molecular complexity index is 967. The van der Waals surface area contributed by atoms with Gasteiger partial charge in [0.2, 0.25) is 5.91 Å². The van der Waals surface area contributed by atoms with E-state index in [1.807, 2.05) is 50.4 Å². The van der Waals surface area contributed by atoms with Gasteiger partial charge in [-0.1, -0.05) is 12.1 Å². The molecule has 4 heteroatoms. The number of rotatable bonds is 4. The van der Waals surface area contributed by atoms with Crippen molar-refractivity contribution in [2.24, 2.45) is 0 Å². The monoisotopic (exact) mass is 334 g/mol. The Hall–Kier alpha value is -2.75. The van der Waals surface area contributed by atoms with Crippen LogP contribution < -0.4 is 10.1 Å². The number of nitrogens with one attached hydrogen (secondary N) is 2. The lowest BCUT2D eigenvalue weighted by atomic mass is 9.94. The summed E-state index contributed by atoms with van der Waals surface area (Å²) >= 11 is 0. The second-order valence-electron chi connectivity index (χ2n) is 6.97. The fraction of sp³-hybridized carbons (Fsp3) is 0.286. The van der Waals surface area contributed by atoms with Crippen LogP contribution in [0.25, 0.3) is 10.9 Å². The van der Waals surface area contributed by atoms with E-state index in [1.54, 1.807) is 7.11 Å². The average molecular weight is 334 g/mol. The number of ether oxygens (including phenoxy) is 1. The molecule has 0 unspecified atom stereocenters. The molecule has 25 heavy (non-hydrogen) atoms. The molecule has 0 radical (unpaired) electrons. The van der Waals surface area contributed by atoms with Crippen LogP contribution in [-0.4, -0.2) is 18.0 Å². The summed E-state index contributed by atoms with van der Waals surface area (Å²) in [6.45, 7) is 4.05. The van der Waals surface area contributed by atoms with Crippen molar-refractivity contribution in [2.75, 3.05) is 12.4 Å². The van der Waals surface area contributed by atoms with Crippen LogP contribution >= 0.6 is 0 Å². The number of amides is 1. The van der Waals surface area contributed by atoms with Gasteiger partial charge in [-0.3, -0.25) is 4.79 Å². The van der Waals surface area contributed by atoms with Crippen molar-refractivity contribution in [3.63, 3.8) is 0 Å². The van der Waals surface area contributed by atoms with E-state index in [0.717, 1.165) is 51.9 Å². The molecule has 3 aromatic rings. The third-order valence-electron chi connectivity index (χ3n) is 5.23. The van der Waals surface area contributed by atoms with Crippen molar-refractivity contribution in [2.45, 2.75) is 32.1 Å². The number of aromatic amines is 1. The van der Waals surface area contributed by atoms with Crippen molar-refractivity contribution in [1.29, 1.82) is 0 Å². The second kappa shape index (κ2) is 5.66. The van der Waals surface area contributed by atoms with Gasteiger partial charge in [0.25, 0.3) is 0 Å². The number of fused-ring (bicyclic) bond motifs is 1. The largest absolute Gasteiger partial charge is 0.497 e. The van der Waals surface area contributed by atoms with Crippen LogP contribution in [0.5, 0.6) is 5.75 Å². The van der Waals surface area contributed by atoms with Crippen LogP contribution in [0.2, 0.25) is 0 Å². The van der Waals surface area contributed by atoms with Gasteiger partial charge in [-0.15, -0.1) is 0 Å². The van der Waals surface area contributed by atoms with Crippen molar-refractivity contribution in [1.82, 2.24) is 4.98 Å². The highest BCUT2D eigenvalue weighted by Crippen LogP contribution is 2.51. The number of methoxy groups -OCH3 is 1. The highest BCUT2D eigenvalue weighted by atomic mass is 16.5. The standard InChI is InChI=1S/C21H22N2O2/c1-13-4-5-14(2)19(10-13)23-20(24)21(8-9-21)17-12-22-18-7-6-15(25-3)11-16(17)18/h4-7,10-12,22H,8-9H2,1-3H3,(H,23,24). The molecule has 0 spiro atoms. The highest BCUT2D eigenvalue weighted by Gasteiger charge is 2.52. The maximum atomic E-state index is 13.1. The van der Waals surface area contributed by atoms with Gasteiger partial charge >= 0.3 is 0 Å². The molecule has 0 atom stereocenters. The number of carbonyl (C=O) groups excluding carboxylic acids is 1. The molecule has 128 valence electrons. The molecule has 2 N–H and O–H groups in total. The molecule has 0 bridgehead atoms. The number of H-pyrrole nitrogens is 1. The molecular weight excluding hydrogens is 312 g/mol. The molecule has 0 aliphatic heterocycles. The Morgan fingerprint density at radius 1 is 1.16 bits per heavy atom. The molecule has 1 aromatic heterocycles. The first-order valence-electron chi connectivity index (χ1n) is 8.58. The van der Waals surface area contributed by atoms with E-state index in [1.165, 1.54) is 0 Å². The third kappa shape index (κ3) is 2.58. The lowest BCUT2D eigenvalue weighted by molar-refractivity contribution is -0.118. The lowest BCUT2D eigenvalue weighted by Gasteiger charge is -2.17. The van der Waals surface area contributed by atoms with Gasteiger partial charge in [-0.05, 0) is 67.6 Å². The first-order valence-corrected chi connectivity index (χ1v) is 8.58.